The van der Waals surface area contributed by atoms with Crippen molar-refractivity contribution < 1.29 is 8.42 Å². The van der Waals surface area contributed by atoms with Gasteiger partial charge in [0.2, 0.25) is 16.0 Å². The van der Waals surface area contributed by atoms with E-state index in [0.717, 1.165) is 22.3 Å². The van der Waals surface area contributed by atoms with Crippen LogP contribution in [0.25, 0.3) is 22.3 Å². The van der Waals surface area contributed by atoms with E-state index in [1.165, 1.54) is 0 Å². The predicted molar refractivity (Wildman–Crippen MR) is 117 cm³/mol. The number of sulfonamides is 1. The third kappa shape index (κ3) is 4.47. The lowest BCUT2D eigenvalue weighted by molar-refractivity contribution is 0.491. The van der Waals surface area contributed by atoms with Crippen molar-refractivity contribution in [2.75, 3.05) is 5.32 Å². The molecule has 0 saturated carbocycles. The fraction of sp³-hybridized carbons (Fsp3) is 0.190. The first-order chi connectivity index (χ1) is 14.2. The van der Waals surface area contributed by atoms with Gasteiger partial charge in [-0.25, -0.2) is 28.1 Å². The highest BCUT2D eigenvalue weighted by Crippen LogP contribution is 2.24. The maximum absolute atomic E-state index is 12.6. The number of H-pyrrole nitrogens is 1. The number of nitrogens with one attached hydrogen (secondary N) is 3. The summed E-state index contributed by atoms with van der Waals surface area (Å²) in [5.41, 5.74) is 3.46. The largest absolute Gasteiger partial charge is 0.345 e. The number of aromatic nitrogens is 4. The first-order valence-electron chi connectivity index (χ1n) is 9.37. The molecule has 154 valence electrons. The van der Waals surface area contributed by atoms with Crippen molar-refractivity contribution in [2.45, 2.75) is 31.2 Å². The molecule has 0 fully saturated rings. The van der Waals surface area contributed by atoms with Crippen molar-refractivity contribution in [3.63, 3.8) is 0 Å². The van der Waals surface area contributed by atoms with Gasteiger partial charge < -0.3 is 10.3 Å². The zero-order chi connectivity index (χ0) is 21.4. The van der Waals surface area contributed by atoms with E-state index in [-0.39, 0.29) is 4.90 Å². The molecule has 2 aromatic carbocycles. The van der Waals surface area contributed by atoms with E-state index in [0.29, 0.717) is 11.6 Å². The van der Waals surface area contributed by atoms with Crippen molar-refractivity contribution in [2.24, 2.45) is 0 Å². The van der Waals surface area contributed by atoms with Gasteiger partial charge in [-0.15, -0.1) is 0 Å². The smallest absolute Gasteiger partial charge is 0.241 e. The first-order valence-corrected chi connectivity index (χ1v) is 10.9. The van der Waals surface area contributed by atoms with Crippen molar-refractivity contribution in [3.8, 4) is 11.3 Å². The summed E-state index contributed by atoms with van der Waals surface area (Å²) in [7, 11) is -3.64. The molecule has 0 aliphatic carbocycles. The van der Waals surface area contributed by atoms with Gasteiger partial charge in [-0.05, 0) is 57.2 Å². The lowest BCUT2D eigenvalue weighted by atomic mass is 10.1. The van der Waals surface area contributed by atoms with E-state index >= 15 is 0 Å². The standard InChI is InChI=1S/C21H22N6O2S/c1-21(2,3)27-30(28,29)16-6-4-5-15(12-16)25-20-22-10-9-17(26-20)14-7-8-18-19(11-14)24-13-23-18/h4-13,27H,1-3H3,(H,23,24)(H,22,25,26). The van der Waals surface area contributed by atoms with Gasteiger partial charge in [0.1, 0.15) is 0 Å². The monoisotopic (exact) mass is 422 g/mol. The van der Waals surface area contributed by atoms with Crippen LogP contribution < -0.4 is 10.0 Å². The molecule has 2 aromatic heterocycles. The Bertz CT molecular complexity index is 1310. The minimum Gasteiger partial charge on any atom is -0.345 e. The highest BCUT2D eigenvalue weighted by molar-refractivity contribution is 7.89. The van der Waals surface area contributed by atoms with Crippen LogP contribution in [0, 0.1) is 0 Å². The van der Waals surface area contributed by atoms with Crippen LogP contribution in [0.5, 0.6) is 0 Å². The Morgan fingerprint density at radius 2 is 1.83 bits per heavy atom. The summed E-state index contributed by atoms with van der Waals surface area (Å²) < 4.78 is 27.8. The topological polar surface area (TPSA) is 113 Å². The average Bonchev–Trinajstić information content (AvgIpc) is 3.14. The number of fused-ring (bicyclic) bond motifs is 1. The number of hydrogen-bond donors (Lipinski definition) is 3. The SMILES string of the molecule is CC(C)(C)NS(=O)(=O)c1cccc(Nc2nccc(-c3ccc4nc[nH]c4c3)n2)c1. The molecular weight excluding hydrogens is 400 g/mol. The molecule has 4 aromatic rings. The van der Waals surface area contributed by atoms with Crippen LogP contribution >= 0.6 is 0 Å². The highest BCUT2D eigenvalue weighted by Gasteiger charge is 2.22. The number of nitrogens with zero attached hydrogens (tertiary/aromatic N) is 3. The summed E-state index contributed by atoms with van der Waals surface area (Å²) in [6.45, 7) is 5.39. The van der Waals surface area contributed by atoms with Gasteiger partial charge in [-0.1, -0.05) is 12.1 Å². The zero-order valence-electron chi connectivity index (χ0n) is 16.8. The van der Waals surface area contributed by atoms with Crippen LogP contribution in [0.3, 0.4) is 0 Å². The number of anilines is 2. The molecule has 3 N–H and O–H groups in total. The lowest BCUT2D eigenvalue weighted by Gasteiger charge is -2.20. The lowest BCUT2D eigenvalue weighted by Crippen LogP contribution is -2.40. The summed E-state index contributed by atoms with van der Waals surface area (Å²) in [4.78, 5) is 16.3. The Balaban J connectivity index is 1.60. The number of imidazole rings is 1. The fourth-order valence-electron chi connectivity index (χ4n) is 3.01. The molecule has 0 saturated heterocycles. The van der Waals surface area contributed by atoms with E-state index in [1.807, 2.05) is 24.3 Å². The maximum Gasteiger partial charge on any atom is 0.241 e. The number of benzene rings is 2. The van der Waals surface area contributed by atoms with Crippen molar-refractivity contribution in [3.05, 3.63) is 61.1 Å². The molecule has 0 bridgehead atoms. The zero-order valence-corrected chi connectivity index (χ0v) is 17.7. The van der Waals surface area contributed by atoms with Gasteiger partial charge in [0, 0.05) is 23.0 Å². The number of rotatable bonds is 5. The van der Waals surface area contributed by atoms with Gasteiger partial charge in [0.05, 0.1) is 28.0 Å². The average molecular weight is 423 g/mol. The summed E-state index contributed by atoms with van der Waals surface area (Å²) in [5.74, 6) is 0.371. The second-order valence-electron chi connectivity index (χ2n) is 7.91. The van der Waals surface area contributed by atoms with Crippen LogP contribution in [0.4, 0.5) is 11.6 Å². The molecule has 0 spiro atoms. The summed E-state index contributed by atoms with van der Waals surface area (Å²) >= 11 is 0. The van der Waals surface area contributed by atoms with Gasteiger partial charge in [-0.2, -0.15) is 0 Å². The Hall–Kier alpha value is -3.30. The quantitative estimate of drug-likeness (QED) is 0.450. The Labute approximate surface area is 174 Å². The molecule has 0 unspecified atom stereocenters. The summed E-state index contributed by atoms with van der Waals surface area (Å²) in [6.07, 6.45) is 3.31. The third-order valence-corrected chi connectivity index (χ3v) is 5.97. The maximum atomic E-state index is 12.6. The highest BCUT2D eigenvalue weighted by atomic mass is 32.2. The van der Waals surface area contributed by atoms with Crippen molar-refractivity contribution in [1.29, 1.82) is 0 Å². The molecule has 2 heterocycles. The van der Waals surface area contributed by atoms with E-state index < -0.39 is 15.6 Å². The van der Waals surface area contributed by atoms with Crippen LogP contribution in [-0.2, 0) is 10.0 Å². The van der Waals surface area contributed by atoms with Crippen LogP contribution in [0.2, 0.25) is 0 Å². The van der Waals surface area contributed by atoms with Gasteiger partial charge >= 0.3 is 0 Å². The molecule has 9 heteroatoms. The van der Waals surface area contributed by atoms with Crippen LogP contribution in [0.1, 0.15) is 20.8 Å². The number of hydrogen-bond acceptors (Lipinski definition) is 6. The Kier molecular flexibility index (Phi) is 5.00. The molecule has 30 heavy (non-hydrogen) atoms. The van der Waals surface area contributed by atoms with Gasteiger partial charge in [0.15, 0.2) is 0 Å². The second-order valence-corrected chi connectivity index (χ2v) is 9.59. The Morgan fingerprint density at radius 1 is 1.00 bits per heavy atom. The number of aromatic amines is 1. The van der Waals surface area contributed by atoms with Crippen LogP contribution in [0.15, 0.2) is 66.0 Å². The minimum atomic E-state index is -3.64. The molecular formula is C21H22N6O2S. The third-order valence-electron chi connectivity index (χ3n) is 4.21. The van der Waals surface area contributed by atoms with Crippen molar-refractivity contribution in [1.82, 2.24) is 24.7 Å². The minimum absolute atomic E-state index is 0.170. The van der Waals surface area contributed by atoms with E-state index in [2.05, 4.69) is 30.0 Å². The molecule has 0 radical (unpaired) electrons. The molecule has 4 rings (SSSR count). The second kappa shape index (κ2) is 7.51. The fourth-order valence-corrected chi connectivity index (χ4v) is 4.47. The molecule has 0 amide bonds. The van der Waals surface area contributed by atoms with E-state index in [1.54, 1.807) is 57.6 Å². The predicted octanol–water partition coefficient (Wildman–Crippen LogP) is 3.84. The molecule has 0 aliphatic heterocycles. The van der Waals surface area contributed by atoms with E-state index in [4.69, 9.17) is 0 Å². The first kappa shape index (κ1) is 20.0. The van der Waals surface area contributed by atoms with Gasteiger partial charge in [-0.3, -0.25) is 0 Å². The Morgan fingerprint density at radius 3 is 2.63 bits per heavy atom. The summed E-state index contributed by atoms with van der Waals surface area (Å²) in [6, 6.07) is 14.2. The summed E-state index contributed by atoms with van der Waals surface area (Å²) in [5, 5.41) is 3.09. The van der Waals surface area contributed by atoms with Crippen molar-refractivity contribution >= 4 is 32.7 Å². The normalized spacial score (nSPS) is 12.2. The van der Waals surface area contributed by atoms with E-state index in [9.17, 15) is 8.42 Å². The molecule has 0 aliphatic rings. The molecule has 8 nitrogen and oxygen atoms in total. The van der Waals surface area contributed by atoms with Gasteiger partial charge in [0.25, 0.3) is 0 Å². The molecule has 0 atom stereocenters. The van der Waals surface area contributed by atoms with Crippen LogP contribution in [-0.4, -0.2) is 33.9 Å².